The Morgan fingerprint density at radius 2 is 2.10 bits per heavy atom. The molecule has 21 heavy (non-hydrogen) atoms. The lowest BCUT2D eigenvalue weighted by molar-refractivity contribution is -0.147. The molecule has 0 aromatic heterocycles. The molecule has 0 aromatic rings. The van der Waals surface area contributed by atoms with Gasteiger partial charge in [0, 0.05) is 25.9 Å². The average Bonchev–Trinajstić information content (AvgIpc) is 2.49. The molecule has 1 aliphatic carbocycles. The summed E-state index contributed by atoms with van der Waals surface area (Å²) in [6, 6.07) is -0.0408. The highest BCUT2D eigenvalue weighted by Gasteiger charge is 2.30. The van der Waals surface area contributed by atoms with Crippen LogP contribution in [0.25, 0.3) is 0 Å². The van der Waals surface area contributed by atoms with Crippen molar-refractivity contribution in [1.29, 1.82) is 0 Å². The van der Waals surface area contributed by atoms with Crippen LogP contribution in [0.15, 0.2) is 5.10 Å². The molecule has 2 aliphatic rings. The zero-order valence-electron chi connectivity index (χ0n) is 12.4. The van der Waals surface area contributed by atoms with E-state index in [-0.39, 0.29) is 29.7 Å². The van der Waals surface area contributed by atoms with E-state index in [2.05, 4.69) is 10.4 Å². The third-order valence-electron chi connectivity index (χ3n) is 4.01. The topological polar surface area (TPSA) is 88.1 Å². The van der Waals surface area contributed by atoms with Crippen molar-refractivity contribution in [2.75, 3.05) is 14.2 Å². The number of hydrogen-bond donors (Lipinski definition) is 1. The summed E-state index contributed by atoms with van der Waals surface area (Å²) in [5, 5.41) is 8.12. The number of rotatable bonds is 3. The number of amides is 2. The van der Waals surface area contributed by atoms with Gasteiger partial charge in [0.25, 0.3) is 5.91 Å². The Bertz CT molecular complexity index is 475. The Hall–Kier alpha value is -1.92. The van der Waals surface area contributed by atoms with Gasteiger partial charge in [0.2, 0.25) is 5.91 Å². The number of hydrazone groups is 1. The van der Waals surface area contributed by atoms with Crippen molar-refractivity contribution in [3.63, 3.8) is 0 Å². The van der Waals surface area contributed by atoms with E-state index in [1.807, 2.05) is 0 Å². The van der Waals surface area contributed by atoms with E-state index in [4.69, 9.17) is 4.74 Å². The average molecular weight is 295 g/mol. The van der Waals surface area contributed by atoms with E-state index in [1.54, 1.807) is 7.05 Å². The summed E-state index contributed by atoms with van der Waals surface area (Å²) in [6.45, 7) is 0. The fraction of sp³-hybridized carbons (Fsp3) is 0.714. The molecule has 2 atom stereocenters. The fourth-order valence-electron chi connectivity index (χ4n) is 2.80. The predicted molar refractivity (Wildman–Crippen MR) is 75.3 cm³/mol. The van der Waals surface area contributed by atoms with Gasteiger partial charge in [-0.2, -0.15) is 5.10 Å². The Balaban J connectivity index is 1.92. The van der Waals surface area contributed by atoms with Crippen LogP contribution in [0.2, 0.25) is 0 Å². The minimum Gasteiger partial charge on any atom is -0.469 e. The third kappa shape index (κ3) is 3.80. The largest absolute Gasteiger partial charge is 0.469 e. The molecule has 1 fully saturated rings. The highest BCUT2D eigenvalue weighted by Crippen LogP contribution is 2.25. The molecule has 0 spiro atoms. The van der Waals surface area contributed by atoms with Gasteiger partial charge in [-0.3, -0.25) is 14.4 Å². The molecule has 1 saturated carbocycles. The van der Waals surface area contributed by atoms with Crippen molar-refractivity contribution in [2.24, 2.45) is 11.0 Å². The zero-order valence-corrected chi connectivity index (χ0v) is 12.4. The van der Waals surface area contributed by atoms with Crippen LogP contribution in [-0.2, 0) is 19.1 Å². The van der Waals surface area contributed by atoms with E-state index in [0.29, 0.717) is 25.0 Å². The highest BCUT2D eigenvalue weighted by molar-refractivity contribution is 6.39. The summed E-state index contributed by atoms with van der Waals surface area (Å²) < 4.78 is 4.77. The van der Waals surface area contributed by atoms with Gasteiger partial charge in [-0.15, -0.1) is 0 Å². The van der Waals surface area contributed by atoms with Crippen molar-refractivity contribution >= 4 is 23.5 Å². The van der Waals surface area contributed by atoms with Gasteiger partial charge in [0.1, 0.15) is 5.71 Å². The maximum atomic E-state index is 12.2. The molecule has 1 N–H and O–H groups in total. The SMILES string of the molecule is COC(=O)[C@@H]1CCC[C@@H](NC(=O)C2=NN(C)C(=O)CC2)C1. The van der Waals surface area contributed by atoms with E-state index in [0.717, 1.165) is 19.3 Å². The van der Waals surface area contributed by atoms with E-state index < -0.39 is 0 Å². The second-order valence-corrected chi connectivity index (χ2v) is 5.52. The first-order chi connectivity index (χ1) is 10.0. The van der Waals surface area contributed by atoms with E-state index in [9.17, 15) is 14.4 Å². The van der Waals surface area contributed by atoms with Gasteiger partial charge < -0.3 is 10.1 Å². The quantitative estimate of drug-likeness (QED) is 0.765. The van der Waals surface area contributed by atoms with Crippen LogP contribution < -0.4 is 5.32 Å². The molecule has 0 unspecified atom stereocenters. The molecule has 0 bridgehead atoms. The molecular weight excluding hydrogens is 274 g/mol. The Kier molecular flexibility index (Phi) is 4.93. The van der Waals surface area contributed by atoms with E-state index >= 15 is 0 Å². The maximum absolute atomic E-state index is 12.2. The molecule has 7 nitrogen and oxygen atoms in total. The maximum Gasteiger partial charge on any atom is 0.308 e. The summed E-state index contributed by atoms with van der Waals surface area (Å²) in [5.74, 6) is -0.694. The van der Waals surface area contributed by atoms with Crippen LogP contribution >= 0.6 is 0 Å². The molecule has 2 rings (SSSR count). The van der Waals surface area contributed by atoms with Crippen LogP contribution in [-0.4, -0.2) is 48.7 Å². The minimum absolute atomic E-state index is 0.0408. The first-order valence-corrected chi connectivity index (χ1v) is 7.24. The number of hydrogen-bond acceptors (Lipinski definition) is 5. The smallest absolute Gasteiger partial charge is 0.308 e. The van der Waals surface area contributed by atoms with Gasteiger partial charge in [0.15, 0.2) is 0 Å². The standard InChI is InChI=1S/C14H21N3O4/c1-17-12(18)7-6-11(16-17)13(19)15-10-5-3-4-9(8-10)14(20)21-2/h9-10H,3-8H2,1-2H3,(H,15,19)/t9-,10-/m1/s1. The van der Waals surface area contributed by atoms with Crippen LogP contribution in [0.3, 0.4) is 0 Å². The van der Waals surface area contributed by atoms with Crippen molar-refractivity contribution < 1.29 is 19.1 Å². The molecule has 0 radical (unpaired) electrons. The van der Waals surface area contributed by atoms with E-state index in [1.165, 1.54) is 12.1 Å². The number of ether oxygens (including phenoxy) is 1. The first kappa shape index (κ1) is 15.5. The first-order valence-electron chi connectivity index (χ1n) is 7.24. The third-order valence-corrected chi connectivity index (χ3v) is 4.01. The minimum atomic E-state index is -0.245. The summed E-state index contributed by atoms with van der Waals surface area (Å²) in [4.78, 5) is 35.1. The normalized spacial score (nSPS) is 26.1. The van der Waals surface area contributed by atoms with Crippen molar-refractivity contribution in [3.8, 4) is 0 Å². The van der Waals surface area contributed by atoms with Crippen LogP contribution in [0.1, 0.15) is 38.5 Å². The van der Waals surface area contributed by atoms with Gasteiger partial charge in [0.05, 0.1) is 13.0 Å². The number of carbonyl (C=O) groups is 3. The van der Waals surface area contributed by atoms with Gasteiger partial charge in [-0.1, -0.05) is 6.42 Å². The fourth-order valence-corrected chi connectivity index (χ4v) is 2.80. The molecule has 1 aliphatic heterocycles. The second kappa shape index (κ2) is 6.69. The van der Waals surface area contributed by atoms with Gasteiger partial charge in [-0.25, -0.2) is 5.01 Å². The number of carbonyl (C=O) groups excluding carboxylic acids is 3. The van der Waals surface area contributed by atoms with Crippen molar-refractivity contribution in [1.82, 2.24) is 10.3 Å². The lowest BCUT2D eigenvalue weighted by Crippen LogP contribution is -2.44. The molecule has 1 heterocycles. The molecule has 2 amide bonds. The van der Waals surface area contributed by atoms with Crippen molar-refractivity contribution in [3.05, 3.63) is 0 Å². The monoisotopic (exact) mass is 295 g/mol. The van der Waals surface area contributed by atoms with Gasteiger partial charge in [-0.05, 0) is 19.3 Å². The molecule has 0 aromatic carbocycles. The summed E-state index contributed by atoms with van der Waals surface area (Å²) in [6.07, 6.45) is 3.80. The lowest BCUT2D eigenvalue weighted by Gasteiger charge is -2.28. The molecule has 7 heteroatoms. The number of methoxy groups -OCH3 is 1. The molecule has 116 valence electrons. The molecular formula is C14H21N3O4. The van der Waals surface area contributed by atoms with Crippen LogP contribution in [0, 0.1) is 5.92 Å². The Morgan fingerprint density at radius 1 is 1.33 bits per heavy atom. The van der Waals surface area contributed by atoms with Crippen molar-refractivity contribution in [2.45, 2.75) is 44.6 Å². The predicted octanol–water partition coefficient (Wildman–Crippen LogP) is 0.443. The van der Waals surface area contributed by atoms with Crippen LogP contribution in [0.5, 0.6) is 0 Å². The number of nitrogens with one attached hydrogen (secondary N) is 1. The summed E-state index contributed by atoms with van der Waals surface area (Å²) >= 11 is 0. The second-order valence-electron chi connectivity index (χ2n) is 5.52. The summed E-state index contributed by atoms with van der Waals surface area (Å²) in [7, 11) is 2.93. The summed E-state index contributed by atoms with van der Waals surface area (Å²) in [5.41, 5.74) is 0.372. The molecule has 0 saturated heterocycles. The number of esters is 1. The van der Waals surface area contributed by atoms with Crippen LogP contribution in [0.4, 0.5) is 0 Å². The highest BCUT2D eigenvalue weighted by atomic mass is 16.5. The van der Waals surface area contributed by atoms with Gasteiger partial charge >= 0.3 is 5.97 Å². The number of nitrogens with zero attached hydrogens (tertiary/aromatic N) is 2. The lowest BCUT2D eigenvalue weighted by atomic mass is 9.85. The zero-order chi connectivity index (χ0) is 15.4. The Labute approximate surface area is 123 Å². The Morgan fingerprint density at radius 3 is 2.76 bits per heavy atom.